The largest absolute Gasteiger partial charge is 0.487 e. The molecule has 0 saturated heterocycles. The molecule has 0 aliphatic rings. The van der Waals surface area contributed by atoms with Crippen LogP contribution in [0.4, 0.5) is 5.82 Å². The molecule has 1 aromatic heterocycles. The first-order valence-electron chi connectivity index (χ1n) is 6.05. The van der Waals surface area contributed by atoms with E-state index in [4.69, 9.17) is 15.2 Å². The minimum Gasteiger partial charge on any atom is -0.487 e. The molecular weight excluding hydrogens is 242 g/mol. The first-order chi connectivity index (χ1) is 9.28. The zero-order chi connectivity index (χ0) is 13.5. The monoisotopic (exact) mass is 259 g/mol. The minimum atomic E-state index is 0.380. The second-order valence-corrected chi connectivity index (χ2v) is 4.11. The Kier molecular flexibility index (Phi) is 4.69. The van der Waals surface area contributed by atoms with Crippen molar-refractivity contribution in [2.45, 2.75) is 13.0 Å². The Hall–Kier alpha value is -2.14. The van der Waals surface area contributed by atoms with Crippen molar-refractivity contribution >= 4 is 5.82 Å². The number of benzene rings is 1. The van der Waals surface area contributed by atoms with E-state index >= 15 is 0 Å². The van der Waals surface area contributed by atoms with E-state index in [0.717, 1.165) is 24.5 Å². The van der Waals surface area contributed by atoms with Crippen LogP contribution in [0, 0.1) is 0 Å². The fraction of sp³-hybridized carbons (Fsp3) is 0.286. The number of ether oxygens (including phenoxy) is 2. The van der Waals surface area contributed by atoms with Crippen molar-refractivity contribution in [3.05, 3.63) is 47.9 Å². The lowest BCUT2D eigenvalue weighted by atomic mass is 10.1. The van der Waals surface area contributed by atoms with Gasteiger partial charge in [0.25, 0.3) is 0 Å². The Morgan fingerprint density at radius 3 is 2.53 bits per heavy atom. The maximum atomic E-state index is 5.62. The van der Waals surface area contributed by atoms with Gasteiger partial charge in [-0.25, -0.2) is 4.98 Å². The predicted octanol–water partition coefficient (Wildman–Crippen LogP) is 1.83. The van der Waals surface area contributed by atoms with Gasteiger partial charge in [-0.3, -0.25) is 4.98 Å². The van der Waals surface area contributed by atoms with Crippen LogP contribution < -0.4 is 10.5 Å². The summed E-state index contributed by atoms with van der Waals surface area (Å²) >= 11 is 0. The van der Waals surface area contributed by atoms with Gasteiger partial charge in [-0.05, 0) is 24.1 Å². The van der Waals surface area contributed by atoms with Crippen molar-refractivity contribution < 1.29 is 9.47 Å². The maximum absolute atomic E-state index is 5.62. The van der Waals surface area contributed by atoms with E-state index < -0.39 is 0 Å². The van der Waals surface area contributed by atoms with E-state index in [2.05, 4.69) is 9.97 Å². The van der Waals surface area contributed by atoms with Crippen LogP contribution in [-0.2, 0) is 17.8 Å². The van der Waals surface area contributed by atoms with Gasteiger partial charge in [-0.2, -0.15) is 0 Å². The van der Waals surface area contributed by atoms with E-state index in [1.165, 1.54) is 11.8 Å². The van der Waals surface area contributed by atoms with E-state index in [0.29, 0.717) is 12.4 Å². The van der Waals surface area contributed by atoms with Gasteiger partial charge in [0, 0.05) is 7.11 Å². The van der Waals surface area contributed by atoms with Gasteiger partial charge in [0.1, 0.15) is 18.2 Å². The molecule has 2 N–H and O–H groups in total. The van der Waals surface area contributed by atoms with Crippen LogP contribution in [0.15, 0.2) is 36.7 Å². The molecule has 2 rings (SSSR count). The Labute approximate surface area is 112 Å². The quantitative estimate of drug-likeness (QED) is 0.857. The van der Waals surface area contributed by atoms with E-state index in [9.17, 15) is 0 Å². The highest BCUT2D eigenvalue weighted by atomic mass is 16.5. The Morgan fingerprint density at radius 1 is 1.11 bits per heavy atom. The van der Waals surface area contributed by atoms with Crippen molar-refractivity contribution in [1.29, 1.82) is 0 Å². The highest BCUT2D eigenvalue weighted by Gasteiger charge is 1.99. The molecule has 1 aromatic carbocycles. The molecule has 0 amide bonds. The summed E-state index contributed by atoms with van der Waals surface area (Å²) < 4.78 is 10.7. The van der Waals surface area contributed by atoms with Crippen LogP contribution in [0.2, 0.25) is 0 Å². The second kappa shape index (κ2) is 6.70. The highest BCUT2D eigenvalue weighted by Crippen LogP contribution is 2.14. The average Bonchev–Trinajstić information content (AvgIpc) is 2.46. The van der Waals surface area contributed by atoms with Crippen molar-refractivity contribution in [2.24, 2.45) is 0 Å². The van der Waals surface area contributed by atoms with E-state index in [1.807, 2.05) is 24.3 Å². The summed E-state index contributed by atoms with van der Waals surface area (Å²) in [5.41, 5.74) is 7.44. The third kappa shape index (κ3) is 4.22. The van der Waals surface area contributed by atoms with Crippen molar-refractivity contribution in [2.75, 3.05) is 19.5 Å². The van der Waals surface area contributed by atoms with Crippen molar-refractivity contribution in [1.82, 2.24) is 9.97 Å². The molecule has 2 aromatic rings. The smallest absolute Gasteiger partial charge is 0.141 e. The summed E-state index contributed by atoms with van der Waals surface area (Å²) in [7, 11) is 1.70. The molecule has 5 nitrogen and oxygen atoms in total. The fourth-order valence-corrected chi connectivity index (χ4v) is 1.57. The highest BCUT2D eigenvalue weighted by molar-refractivity contribution is 5.28. The van der Waals surface area contributed by atoms with Gasteiger partial charge in [0.05, 0.1) is 24.7 Å². The topological polar surface area (TPSA) is 70.3 Å². The van der Waals surface area contributed by atoms with E-state index in [1.54, 1.807) is 13.3 Å². The molecule has 19 heavy (non-hydrogen) atoms. The molecule has 0 aliphatic carbocycles. The van der Waals surface area contributed by atoms with Crippen LogP contribution in [-0.4, -0.2) is 23.7 Å². The standard InChI is InChI=1S/C14H17N3O2/c1-18-7-6-11-2-4-13(5-3-11)19-10-12-8-17-14(15)9-16-12/h2-5,8-9H,6-7,10H2,1H3,(H2,15,17). The summed E-state index contributed by atoms with van der Waals surface area (Å²) in [5.74, 6) is 1.21. The van der Waals surface area contributed by atoms with Gasteiger partial charge >= 0.3 is 0 Å². The lowest BCUT2D eigenvalue weighted by Gasteiger charge is -2.06. The van der Waals surface area contributed by atoms with Gasteiger partial charge in [-0.15, -0.1) is 0 Å². The van der Waals surface area contributed by atoms with Gasteiger partial charge in [0.2, 0.25) is 0 Å². The fourth-order valence-electron chi connectivity index (χ4n) is 1.57. The SMILES string of the molecule is COCCc1ccc(OCc2cnc(N)cn2)cc1. The number of nitrogens with zero attached hydrogens (tertiary/aromatic N) is 2. The number of rotatable bonds is 6. The molecule has 0 atom stereocenters. The van der Waals surface area contributed by atoms with Gasteiger partial charge in [0.15, 0.2) is 0 Å². The second-order valence-electron chi connectivity index (χ2n) is 4.11. The molecule has 0 aliphatic heterocycles. The summed E-state index contributed by atoms with van der Waals surface area (Å²) in [5, 5.41) is 0. The Balaban J connectivity index is 1.87. The normalized spacial score (nSPS) is 10.4. The molecule has 0 fully saturated rings. The first kappa shape index (κ1) is 13.3. The molecule has 100 valence electrons. The summed E-state index contributed by atoms with van der Waals surface area (Å²) in [6, 6.07) is 7.94. The van der Waals surface area contributed by atoms with Crippen molar-refractivity contribution in [3.8, 4) is 5.75 Å². The average molecular weight is 259 g/mol. The number of aromatic nitrogens is 2. The molecule has 0 bridgehead atoms. The van der Waals surface area contributed by atoms with Crippen LogP contribution in [0.5, 0.6) is 5.75 Å². The van der Waals surface area contributed by atoms with Crippen LogP contribution in [0.3, 0.4) is 0 Å². The molecule has 0 saturated carbocycles. The Bertz CT molecular complexity index is 497. The first-order valence-corrected chi connectivity index (χ1v) is 6.05. The molecule has 1 heterocycles. The lowest BCUT2D eigenvalue weighted by molar-refractivity contribution is 0.202. The number of nitrogens with two attached hydrogens (primary N) is 1. The number of methoxy groups -OCH3 is 1. The third-order valence-corrected chi connectivity index (χ3v) is 2.63. The van der Waals surface area contributed by atoms with Crippen LogP contribution in [0.1, 0.15) is 11.3 Å². The number of anilines is 1. The molecule has 0 spiro atoms. The molecule has 0 radical (unpaired) electrons. The molecular formula is C14H17N3O2. The predicted molar refractivity (Wildman–Crippen MR) is 72.8 cm³/mol. The van der Waals surface area contributed by atoms with Gasteiger partial charge < -0.3 is 15.2 Å². The number of nitrogen functional groups attached to an aromatic ring is 1. The third-order valence-electron chi connectivity index (χ3n) is 2.63. The maximum Gasteiger partial charge on any atom is 0.141 e. The molecule has 0 unspecified atom stereocenters. The van der Waals surface area contributed by atoms with Crippen LogP contribution in [0.25, 0.3) is 0 Å². The lowest BCUT2D eigenvalue weighted by Crippen LogP contribution is -2.01. The number of hydrogen-bond donors (Lipinski definition) is 1. The van der Waals surface area contributed by atoms with Gasteiger partial charge in [-0.1, -0.05) is 12.1 Å². The van der Waals surface area contributed by atoms with Crippen LogP contribution >= 0.6 is 0 Å². The van der Waals surface area contributed by atoms with Crippen molar-refractivity contribution in [3.63, 3.8) is 0 Å². The van der Waals surface area contributed by atoms with E-state index in [-0.39, 0.29) is 0 Å². The summed E-state index contributed by atoms with van der Waals surface area (Å²) in [4.78, 5) is 8.08. The summed E-state index contributed by atoms with van der Waals surface area (Å²) in [6.07, 6.45) is 4.04. The Morgan fingerprint density at radius 2 is 1.89 bits per heavy atom. The zero-order valence-electron chi connectivity index (χ0n) is 10.9. The number of hydrogen-bond acceptors (Lipinski definition) is 5. The summed E-state index contributed by atoms with van der Waals surface area (Å²) in [6.45, 7) is 1.10. The molecule has 5 heteroatoms. The zero-order valence-corrected chi connectivity index (χ0v) is 10.9. The minimum absolute atomic E-state index is 0.380.